The fourth-order valence-electron chi connectivity index (χ4n) is 3.11. The van der Waals surface area contributed by atoms with Crippen LogP contribution in [0.3, 0.4) is 0 Å². The van der Waals surface area contributed by atoms with Gasteiger partial charge in [-0.2, -0.15) is 0 Å². The van der Waals surface area contributed by atoms with Gasteiger partial charge < -0.3 is 10.6 Å². The summed E-state index contributed by atoms with van der Waals surface area (Å²) in [7, 11) is 0. The van der Waals surface area contributed by atoms with Crippen LogP contribution in [-0.2, 0) is 9.59 Å². The van der Waals surface area contributed by atoms with Crippen LogP contribution in [0.2, 0.25) is 0 Å². The Morgan fingerprint density at radius 2 is 1.93 bits per heavy atom. The number of benzene rings is 2. The van der Waals surface area contributed by atoms with Crippen LogP contribution in [0.5, 0.6) is 0 Å². The van der Waals surface area contributed by atoms with Gasteiger partial charge in [-0.1, -0.05) is 30.3 Å². The molecule has 0 spiro atoms. The van der Waals surface area contributed by atoms with Crippen LogP contribution < -0.4 is 21.5 Å². The number of aryl methyl sites for hydroxylation is 1. The van der Waals surface area contributed by atoms with E-state index in [0.29, 0.717) is 17.8 Å². The van der Waals surface area contributed by atoms with Crippen molar-refractivity contribution in [3.8, 4) is 0 Å². The molecule has 142 valence electrons. The lowest BCUT2D eigenvalue weighted by atomic mass is 9.94. The summed E-state index contributed by atoms with van der Waals surface area (Å²) in [6, 6.07) is 12.9. The first-order valence-corrected chi connectivity index (χ1v) is 8.86. The van der Waals surface area contributed by atoms with Crippen LogP contribution in [0.25, 0.3) is 0 Å². The third-order valence-corrected chi connectivity index (χ3v) is 4.68. The number of hydrazine groups is 1. The molecule has 1 aliphatic rings. The summed E-state index contributed by atoms with van der Waals surface area (Å²) in [5.41, 5.74) is 8.27. The fraction of sp³-hybridized carbons (Fsp3) is 0.300. The Bertz CT molecular complexity index is 828. The van der Waals surface area contributed by atoms with E-state index in [1.807, 2.05) is 30.3 Å². The van der Waals surface area contributed by atoms with Crippen molar-refractivity contribution in [3.63, 3.8) is 0 Å². The minimum atomic E-state index is -0.723. The normalized spacial score (nSPS) is 20.1. The van der Waals surface area contributed by atoms with Crippen molar-refractivity contribution in [1.29, 1.82) is 0 Å². The van der Waals surface area contributed by atoms with Crippen molar-refractivity contribution in [2.45, 2.75) is 25.9 Å². The standard InChI is InChI=1S/C20H23FN4O2/c1-12-10-15(21)8-9-17(12)24-19(26)13(2)23-20(27)16-11-22-25-18(16)14-6-4-3-5-7-14/h3-10,13,16,18,22,25H,11H2,1-2H3,(H,23,27)(H,24,26). The molecule has 4 N–H and O–H groups in total. The number of halogens is 1. The molecule has 1 heterocycles. The highest BCUT2D eigenvalue weighted by Gasteiger charge is 2.35. The zero-order valence-corrected chi connectivity index (χ0v) is 15.3. The topological polar surface area (TPSA) is 82.3 Å². The van der Waals surface area contributed by atoms with E-state index in [-0.39, 0.29) is 29.6 Å². The maximum absolute atomic E-state index is 13.2. The molecule has 1 saturated heterocycles. The van der Waals surface area contributed by atoms with E-state index >= 15 is 0 Å². The second-order valence-electron chi connectivity index (χ2n) is 6.70. The first kappa shape index (κ1) is 19.0. The van der Waals surface area contributed by atoms with Gasteiger partial charge in [-0.05, 0) is 43.2 Å². The molecule has 6 nitrogen and oxygen atoms in total. The lowest BCUT2D eigenvalue weighted by Gasteiger charge is -2.21. The third-order valence-electron chi connectivity index (χ3n) is 4.68. The van der Waals surface area contributed by atoms with Gasteiger partial charge in [0.1, 0.15) is 11.9 Å². The van der Waals surface area contributed by atoms with E-state index in [4.69, 9.17) is 0 Å². The summed E-state index contributed by atoms with van der Waals surface area (Å²) in [4.78, 5) is 25.1. The number of hydrogen-bond acceptors (Lipinski definition) is 4. The smallest absolute Gasteiger partial charge is 0.246 e. The molecular weight excluding hydrogens is 347 g/mol. The average Bonchev–Trinajstić information content (AvgIpc) is 3.14. The number of amides is 2. The largest absolute Gasteiger partial charge is 0.344 e. The van der Waals surface area contributed by atoms with Gasteiger partial charge in [-0.3, -0.25) is 15.0 Å². The quantitative estimate of drug-likeness (QED) is 0.649. The van der Waals surface area contributed by atoms with Gasteiger partial charge in [0, 0.05) is 12.2 Å². The summed E-state index contributed by atoms with van der Waals surface area (Å²) < 4.78 is 13.2. The van der Waals surface area contributed by atoms with Crippen LogP contribution in [0.1, 0.15) is 24.1 Å². The van der Waals surface area contributed by atoms with Gasteiger partial charge >= 0.3 is 0 Å². The van der Waals surface area contributed by atoms with Crippen LogP contribution in [0.4, 0.5) is 10.1 Å². The Morgan fingerprint density at radius 3 is 2.63 bits per heavy atom. The van der Waals surface area contributed by atoms with Gasteiger partial charge in [-0.25, -0.2) is 9.82 Å². The molecule has 1 fully saturated rings. The molecule has 0 aromatic heterocycles. The molecule has 0 saturated carbocycles. The highest BCUT2D eigenvalue weighted by Crippen LogP contribution is 2.25. The van der Waals surface area contributed by atoms with E-state index in [0.717, 1.165) is 5.56 Å². The number of nitrogens with one attached hydrogen (secondary N) is 4. The number of anilines is 1. The van der Waals surface area contributed by atoms with Crippen molar-refractivity contribution in [2.75, 3.05) is 11.9 Å². The van der Waals surface area contributed by atoms with Crippen LogP contribution in [0.15, 0.2) is 48.5 Å². The summed E-state index contributed by atoms with van der Waals surface area (Å²) in [5.74, 6) is -1.26. The summed E-state index contributed by atoms with van der Waals surface area (Å²) in [6.07, 6.45) is 0. The van der Waals surface area contributed by atoms with Crippen molar-refractivity contribution in [1.82, 2.24) is 16.2 Å². The second-order valence-corrected chi connectivity index (χ2v) is 6.70. The summed E-state index contributed by atoms with van der Waals surface area (Å²) in [5, 5.41) is 5.49. The first-order chi connectivity index (χ1) is 13.0. The van der Waals surface area contributed by atoms with Gasteiger partial charge in [0.15, 0.2) is 0 Å². The molecule has 3 unspecified atom stereocenters. The molecule has 0 aliphatic carbocycles. The van der Waals surface area contributed by atoms with Crippen LogP contribution in [-0.4, -0.2) is 24.4 Å². The minimum absolute atomic E-state index is 0.166. The van der Waals surface area contributed by atoms with E-state index in [2.05, 4.69) is 21.5 Å². The van der Waals surface area contributed by atoms with Crippen LogP contribution in [0, 0.1) is 18.7 Å². The zero-order chi connectivity index (χ0) is 19.4. The molecule has 2 amide bonds. The molecule has 2 aromatic rings. The number of rotatable bonds is 5. The fourth-order valence-corrected chi connectivity index (χ4v) is 3.11. The third kappa shape index (κ3) is 4.50. The monoisotopic (exact) mass is 370 g/mol. The predicted octanol–water partition coefficient (Wildman–Crippen LogP) is 2.04. The molecule has 1 aliphatic heterocycles. The molecular formula is C20H23FN4O2. The molecule has 27 heavy (non-hydrogen) atoms. The van der Waals surface area contributed by atoms with E-state index in [1.54, 1.807) is 13.8 Å². The maximum Gasteiger partial charge on any atom is 0.246 e. The van der Waals surface area contributed by atoms with Crippen molar-refractivity contribution in [3.05, 3.63) is 65.5 Å². The lowest BCUT2D eigenvalue weighted by Crippen LogP contribution is -2.45. The maximum atomic E-state index is 13.2. The Morgan fingerprint density at radius 1 is 1.19 bits per heavy atom. The van der Waals surface area contributed by atoms with Gasteiger partial charge in [0.2, 0.25) is 11.8 Å². The Balaban J connectivity index is 1.62. The number of hydrogen-bond donors (Lipinski definition) is 4. The zero-order valence-electron chi connectivity index (χ0n) is 15.3. The summed E-state index contributed by atoms with van der Waals surface area (Å²) >= 11 is 0. The average molecular weight is 370 g/mol. The number of carbonyl (C=O) groups is 2. The van der Waals surface area contributed by atoms with Crippen LogP contribution >= 0.6 is 0 Å². The summed E-state index contributed by atoms with van der Waals surface area (Å²) in [6.45, 7) is 3.80. The van der Waals surface area contributed by atoms with Crippen molar-refractivity contribution in [2.24, 2.45) is 5.92 Å². The second kappa shape index (κ2) is 8.28. The van der Waals surface area contributed by atoms with Crippen molar-refractivity contribution < 1.29 is 14.0 Å². The molecule has 0 radical (unpaired) electrons. The Hall–Kier alpha value is -2.77. The highest BCUT2D eigenvalue weighted by atomic mass is 19.1. The predicted molar refractivity (Wildman–Crippen MR) is 101 cm³/mol. The molecule has 2 aromatic carbocycles. The van der Waals surface area contributed by atoms with Gasteiger partial charge in [0.05, 0.1) is 12.0 Å². The van der Waals surface area contributed by atoms with E-state index in [1.165, 1.54) is 18.2 Å². The Kier molecular flexibility index (Phi) is 5.83. The Labute approximate surface area is 157 Å². The molecule has 7 heteroatoms. The molecule has 3 atom stereocenters. The molecule has 0 bridgehead atoms. The molecule has 3 rings (SSSR count). The van der Waals surface area contributed by atoms with E-state index in [9.17, 15) is 14.0 Å². The van der Waals surface area contributed by atoms with E-state index < -0.39 is 6.04 Å². The van der Waals surface area contributed by atoms with Gasteiger partial charge in [0.25, 0.3) is 0 Å². The highest BCUT2D eigenvalue weighted by molar-refractivity contribution is 5.97. The SMILES string of the molecule is Cc1cc(F)ccc1NC(=O)C(C)NC(=O)C1CNNC1c1ccccc1. The first-order valence-electron chi connectivity index (χ1n) is 8.86. The van der Waals surface area contributed by atoms with Gasteiger partial charge in [-0.15, -0.1) is 0 Å². The van der Waals surface area contributed by atoms with Crippen molar-refractivity contribution >= 4 is 17.5 Å². The lowest BCUT2D eigenvalue weighted by molar-refractivity contribution is -0.129. The number of carbonyl (C=O) groups excluding carboxylic acids is 2. The minimum Gasteiger partial charge on any atom is -0.344 e.